The minimum atomic E-state index is -0.335. The summed E-state index contributed by atoms with van der Waals surface area (Å²) >= 11 is 3.36. The molecular weight excluding hydrogens is 270 g/mol. The van der Waals surface area contributed by atoms with Gasteiger partial charge in [-0.1, -0.05) is 28.9 Å². The van der Waals surface area contributed by atoms with Crippen LogP contribution in [0.15, 0.2) is 22.7 Å². The maximum absolute atomic E-state index is 11.8. The van der Waals surface area contributed by atoms with Crippen molar-refractivity contribution in [3.05, 3.63) is 28.2 Å². The van der Waals surface area contributed by atoms with E-state index in [2.05, 4.69) is 21.2 Å². The Morgan fingerprint density at radius 3 is 2.81 bits per heavy atom. The normalized spacial score (nSPS) is 12.2. The van der Waals surface area contributed by atoms with Gasteiger partial charge in [-0.25, -0.2) is 0 Å². The van der Waals surface area contributed by atoms with Gasteiger partial charge < -0.3 is 10.4 Å². The van der Waals surface area contributed by atoms with Crippen LogP contribution in [0.1, 0.15) is 18.9 Å². The number of hydrogen-bond donors (Lipinski definition) is 2. The van der Waals surface area contributed by atoms with Crippen molar-refractivity contribution in [2.75, 3.05) is 11.9 Å². The highest BCUT2D eigenvalue weighted by Gasteiger charge is 2.15. The predicted molar refractivity (Wildman–Crippen MR) is 68.4 cm³/mol. The molecule has 3 nitrogen and oxygen atoms in total. The number of hydrogen-bond acceptors (Lipinski definition) is 2. The highest BCUT2D eigenvalue weighted by molar-refractivity contribution is 9.10. The Morgan fingerprint density at radius 1 is 1.56 bits per heavy atom. The molecule has 4 heteroatoms. The van der Waals surface area contributed by atoms with Crippen LogP contribution in [0.3, 0.4) is 0 Å². The first kappa shape index (κ1) is 13.2. The van der Waals surface area contributed by atoms with Crippen LogP contribution in [-0.4, -0.2) is 17.6 Å². The highest BCUT2D eigenvalue weighted by atomic mass is 79.9. The van der Waals surface area contributed by atoms with E-state index in [-0.39, 0.29) is 18.4 Å². The van der Waals surface area contributed by atoms with E-state index < -0.39 is 0 Å². The Morgan fingerprint density at radius 2 is 2.25 bits per heavy atom. The van der Waals surface area contributed by atoms with Crippen LogP contribution >= 0.6 is 15.9 Å². The van der Waals surface area contributed by atoms with Crippen LogP contribution in [0, 0.1) is 12.8 Å². The molecule has 16 heavy (non-hydrogen) atoms. The molecular formula is C12H16BrNO2. The van der Waals surface area contributed by atoms with Crippen molar-refractivity contribution in [1.82, 2.24) is 0 Å². The summed E-state index contributed by atoms with van der Waals surface area (Å²) in [5, 5.41) is 11.9. The predicted octanol–water partition coefficient (Wildman–Crippen LogP) is 2.71. The molecule has 0 aliphatic carbocycles. The number of halogens is 1. The second kappa shape index (κ2) is 6.01. The van der Waals surface area contributed by atoms with Gasteiger partial charge in [0.2, 0.25) is 5.91 Å². The van der Waals surface area contributed by atoms with Gasteiger partial charge in [0.1, 0.15) is 0 Å². The van der Waals surface area contributed by atoms with Gasteiger partial charge >= 0.3 is 0 Å². The third kappa shape index (κ3) is 3.32. The van der Waals surface area contributed by atoms with Crippen LogP contribution in [-0.2, 0) is 4.79 Å². The fraction of sp³-hybridized carbons (Fsp3) is 0.417. The molecule has 0 aliphatic rings. The van der Waals surface area contributed by atoms with Gasteiger partial charge in [-0.2, -0.15) is 0 Å². The zero-order chi connectivity index (χ0) is 12.1. The second-order valence-electron chi connectivity index (χ2n) is 3.74. The Labute approximate surface area is 104 Å². The number of nitrogens with one attached hydrogen (secondary N) is 1. The summed E-state index contributed by atoms with van der Waals surface area (Å²) < 4.78 is 0.922. The minimum absolute atomic E-state index is 0.116. The summed E-state index contributed by atoms with van der Waals surface area (Å²) in [4.78, 5) is 11.8. The van der Waals surface area contributed by atoms with Crippen molar-refractivity contribution >= 4 is 27.5 Å². The van der Waals surface area contributed by atoms with Crippen LogP contribution < -0.4 is 5.32 Å². The van der Waals surface area contributed by atoms with Crippen molar-refractivity contribution in [2.45, 2.75) is 20.3 Å². The molecule has 0 radical (unpaired) electrons. The van der Waals surface area contributed by atoms with E-state index in [4.69, 9.17) is 5.11 Å². The number of carbonyl (C=O) groups is 1. The van der Waals surface area contributed by atoms with Crippen molar-refractivity contribution in [3.63, 3.8) is 0 Å². The maximum Gasteiger partial charge on any atom is 0.229 e. The molecule has 0 saturated carbocycles. The molecule has 1 aromatic rings. The first-order valence-electron chi connectivity index (χ1n) is 5.26. The molecule has 0 aliphatic heterocycles. The van der Waals surface area contributed by atoms with Gasteiger partial charge in [0.15, 0.2) is 0 Å². The molecule has 1 rings (SSSR count). The van der Waals surface area contributed by atoms with E-state index in [1.54, 1.807) is 0 Å². The number of carbonyl (C=O) groups excluding carboxylic acids is 1. The lowest BCUT2D eigenvalue weighted by Gasteiger charge is -2.14. The van der Waals surface area contributed by atoms with Crippen molar-refractivity contribution in [3.8, 4) is 0 Å². The molecule has 0 heterocycles. The van der Waals surface area contributed by atoms with Crippen molar-refractivity contribution < 1.29 is 9.90 Å². The zero-order valence-electron chi connectivity index (χ0n) is 9.46. The minimum Gasteiger partial charge on any atom is -0.396 e. The summed E-state index contributed by atoms with van der Waals surface area (Å²) in [5.74, 6) is -0.468. The van der Waals surface area contributed by atoms with Gasteiger partial charge in [0.25, 0.3) is 0 Å². The molecule has 0 saturated heterocycles. The number of anilines is 1. The summed E-state index contributed by atoms with van der Waals surface area (Å²) in [7, 11) is 0. The van der Waals surface area contributed by atoms with Crippen molar-refractivity contribution in [1.29, 1.82) is 0 Å². The number of amides is 1. The Kier molecular flexibility index (Phi) is 4.96. The largest absolute Gasteiger partial charge is 0.396 e. The van der Waals surface area contributed by atoms with Gasteiger partial charge in [0.05, 0.1) is 12.5 Å². The lowest BCUT2D eigenvalue weighted by atomic mass is 10.1. The maximum atomic E-state index is 11.8. The Bertz CT molecular complexity index is 375. The molecule has 1 aromatic carbocycles. The molecule has 88 valence electrons. The third-order valence-corrected chi connectivity index (χ3v) is 3.03. The lowest BCUT2D eigenvalue weighted by Crippen LogP contribution is -2.25. The molecule has 0 spiro atoms. The van der Waals surface area contributed by atoms with Gasteiger partial charge in [-0.15, -0.1) is 0 Å². The molecule has 2 N–H and O–H groups in total. The fourth-order valence-electron chi connectivity index (χ4n) is 1.36. The second-order valence-corrected chi connectivity index (χ2v) is 4.65. The number of aryl methyl sites for hydroxylation is 1. The fourth-order valence-corrected chi connectivity index (χ4v) is 1.72. The van der Waals surface area contributed by atoms with Crippen LogP contribution in [0.25, 0.3) is 0 Å². The lowest BCUT2D eigenvalue weighted by molar-refractivity contribution is -0.121. The van der Waals surface area contributed by atoms with Crippen LogP contribution in [0.2, 0.25) is 0 Å². The monoisotopic (exact) mass is 285 g/mol. The van der Waals surface area contributed by atoms with Crippen LogP contribution in [0.4, 0.5) is 5.69 Å². The molecule has 0 fully saturated rings. The molecule has 1 unspecified atom stereocenters. The topological polar surface area (TPSA) is 49.3 Å². The van der Waals surface area contributed by atoms with E-state index in [0.29, 0.717) is 6.42 Å². The van der Waals surface area contributed by atoms with Crippen LogP contribution in [0.5, 0.6) is 0 Å². The number of aliphatic hydroxyl groups is 1. The quantitative estimate of drug-likeness (QED) is 0.894. The number of aliphatic hydroxyl groups excluding tert-OH is 1. The summed E-state index contributed by atoms with van der Waals surface area (Å²) in [5.41, 5.74) is 1.79. The number of benzene rings is 1. The number of rotatable bonds is 4. The van der Waals surface area contributed by atoms with Gasteiger partial charge in [-0.3, -0.25) is 4.79 Å². The van der Waals surface area contributed by atoms with E-state index in [9.17, 15) is 4.79 Å². The summed E-state index contributed by atoms with van der Waals surface area (Å²) in [6.45, 7) is 3.70. The van der Waals surface area contributed by atoms with Gasteiger partial charge in [-0.05, 0) is 31.0 Å². The zero-order valence-corrected chi connectivity index (χ0v) is 11.0. The Hall–Kier alpha value is -0.870. The van der Waals surface area contributed by atoms with Crippen molar-refractivity contribution in [2.24, 2.45) is 5.92 Å². The third-order valence-electron chi connectivity index (χ3n) is 2.54. The molecule has 1 atom stereocenters. The van der Waals surface area contributed by atoms with Gasteiger partial charge in [0, 0.05) is 10.2 Å². The Balaban J connectivity index is 2.80. The summed E-state index contributed by atoms with van der Waals surface area (Å²) in [6.07, 6.45) is 0.634. The smallest absolute Gasteiger partial charge is 0.229 e. The SMILES string of the molecule is CCC(CO)C(=O)Nc1cc(Br)ccc1C. The molecule has 0 bridgehead atoms. The average Bonchev–Trinajstić information content (AvgIpc) is 2.25. The summed E-state index contributed by atoms with van der Waals surface area (Å²) in [6, 6.07) is 5.71. The van der Waals surface area contributed by atoms with E-state index >= 15 is 0 Å². The molecule has 1 amide bonds. The van der Waals surface area contributed by atoms with E-state index in [1.165, 1.54) is 0 Å². The standard InChI is InChI=1S/C12H16BrNO2/c1-3-9(7-15)12(16)14-11-6-10(13)5-4-8(11)2/h4-6,9,15H,3,7H2,1-2H3,(H,14,16). The van der Waals surface area contributed by atoms with E-state index in [0.717, 1.165) is 15.7 Å². The van der Waals surface area contributed by atoms with E-state index in [1.807, 2.05) is 32.0 Å². The first-order chi connectivity index (χ1) is 7.58. The highest BCUT2D eigenvalue weighted by Crippen LogP contribution is 2.21. The average molecular weight is 286 g/mol. The molecule has 0 aromatic heterocycles. The first-order valence-corrected chi connectivity index (χ1v) is 6.05.